The number of aromatic nitrogens is 7. The standard InChI is InChI=1S/C16H16ClN5O2.C14H11ClN4.C11H10BrNO.C9H5BrO2S.C4H9NO.C2H7N.2CH4/c1-16(2,3)24-15(23)22-12-5-4-11(8-10(12)9-19-22)20-13-6-7-18-14(17)21-13;15-14-17-8-6-13(19-14)18-12-3-1-10(2-4-12)11-5-7-16-9-11;1-7(14)10-5-8-3-4-9(12)6-11(8)13(10)2;10-6-2-1-5-3-8(9(11)12)13-7(5)4-6;5-4-1-2-6-3-4;1-3-2;;/h4-9H,1-3H3,(H,18,20,21);1-6,8-9H,7H2,(H,17,18,19);3-6H,1-2H3;1-4H,(H,11,12);4H,1-3,5H2;3H,1-2H3;2*1H4. The van der Waals surface area contributed by atoms with Crippen molar-refractivity contribution in [1.29, 1.82) is 0 Å². The monoisotopic (exact) mass is 1290 g/mol. The fourth-order valence-electron chi connectivity index (χ4n) is 7.26. The van der Waals surface area contributed by atoms with Gasteiger partial charge in [0.15, 0.2) is 5.78 Å². The molecular weight excluding hydrogens is 1220 g/mol. The van der Waals surface area contributed by atoms with Crippen LogP contribution in [0.2, 0.25) is 10.6 Å². The number of halogens is 4. The predicted molar refractivity (Wildman–Crippen MR) is 339 cm³/mol. The van der Waals surface area contributed by atoms with Gasteiger partial charge in [-0.2, -0.15) is 9.78 Å². The smallest absolute Gasteiger partial charge is 0.435 e. The average molecular weight is 1290 g/mol. The molecule has 0 saturated carbocycles. The number of aromatic carboxylic acids is 1. The van der Waals surface area contributed by atoms with Gasteiger partial charge in [-0.15, -0.1) is 11.3 Å². The van der Waals surface area contributed by atoms with E-state index in [9.17, 15) is 14.4 Å². The zero-order valence-electron chi connectivity index (χ0n) is 44.2. The number of carboxylic acids is 1. The average Bonchev–Trinajstić information content (AvgIpc) is 4.42. The topological polar surface area (TPSA) is 239 Å². The molecule has 11 rings (SSSR count). The molecule has 1 saturated heterocycles. The third-order valence-electron chi connectivity index (χ3n) is 10.8. The van der Waals surface area contributed by atoms with Gasteiger partial charge in [-0.1, -0.05) is 77.1 Å². The van der Waals surface area contributed by atoms with E-state index in [-0.39, 0.29) is 31.2 Å². The number of ether oxygens (including phenoxy) is 2. The van der Waals surface area contributed by atoms with Gasteiger partial charge in [0.05, 0.1) is 30.6 Å². The van der Waals surface area contributed by atoms with Gasteiger partial charge < -0.3 is 40.8 Å². The van der Waals surface area contributed by atoms with E-state index >= 15 is 0 Å². The van der Waals surface area contributed by atoms with Gasteiger partial charge in [0.1, 0.15) is 22.1 Å². The minimum absolute atomic E-state index is 0. The first-order chi connectivity index (χ1) is 37.7. The summed E-state index contributed by atoms with van der Waals surface area (Å²) in [6, 6.07) is 32.7. The van der Waals surface area contributed by atoms with Crippen LogP contribution >= 0.6 is 66.4 Å². The van der Waals surface area contributed by atoms with Gasteiger partial charge >= 0.3 is 12.1 Å². The molecule has 81 heavy (non-hydrogen) atoms. The number of nitrogens with one attached hydrogen (secondary N) is 3. The highest BCUT2D eigenvalue weighted by atomic mass is 79.9. The summed E-state index contributed by atoms with van der Waals surface area (Å²) >= 11 is 19.6. The van der Waals surface area contributed by atoms with Crippen LogP contribution in [-0.4, -0.2) is 109 Å². The summed E-state index contributed by atoms with van der Waals surface area (Å²) < 4.78 is 16.4. The molecule has 18 nitrogen and oxygen atoms in total. The molecule has 9 aromatic rings. The molecule has 1 fully saturated rings. The lowest BCUT2D eigenvalue weighted by molar-refractivity contribution is 0.0522. The molecule has 0 radical (unpaired) electrons. The molecule has 4 aromatic carbocycles. The van der Waals surface area contributed by atoms with E-state index in [1.165, 1.54) is 16.0 Å². The quantitative estimate of drug-likeness (QED) is 0.0737. The summed E-state index contributed by atoms with van der Waals surface area (Å²) in [7, 11) is 5.66. The molecule has 7 heterocycles. The van der Waals surface area contributed by atoms with Crippen molar-refractivity contribution in [3.63, 3.8) is 0 Å². The maximum atomic E-state index is 12.2. The molecule has 2 aliphatic rings. The Bertz CT molecular complexity index is 3600. The Labute approximate surface area is 502 Å². The number of nitrogens with two attached hydrogens (primary N) is 1. The minimum atomic E-state index is -0.864. The molecule has 0 bridgehead atoms. The van der Waals surface area contributed by atoms with Crippen molar-refractivity contribution in [2.75, 3.05) is 44.5 Å². The number of carboxylic acid groups (broad SMARTS) is 1. The number of ketones is 1. The van der Waals surface area contributed by atoms with Gasteiger partial charge in [0, 0.05) is 86.5 Å². The summed E-state index contributed by atoms with van der Waals surface area (Å²) in [6.07, 6.45) is 9.32. The number of benzene rings is 4. The number of thiophene rings is 1. The lowest BCUT2D eigenvalue weighted by atomic mass is 10.1. The summed E-state index contributed by atoms with van der Waals surface area (Å²) in [4.78, 5) is 54.5. The summed E-state index contributed by atoms with van der Waals surface area (Å²) in [6.45, 7) is 9.42. The van der Waals surface area contributed by atoms with Crippen molar-refractivity contribution >= 4 is 151 Å². The predicted octanol–water partition coefficient (Wildman–Crippen LogP) is 14.7. The number of aryl methyl sites for hydroxylation is 1. The lowest BCUT2D eigenvalue weighted by Crippen LogP contribution is -2.27. The number of aliphatic imine (C=N–C) groups is 1. The molecule has 428 valence electrons. The maximum absolute atomic E-state index is 12.2. The molecule has 0 aliphatic carbocycles. The highest BCUT2D eigenvalue weighted by molar-refractivity contribution is 9.10. The number of hydrogen-bond donors (Lipinski definition) is 5. The molecule has 0 amide bonds. The number of rotatable bonds is 7. The van der Waals surface area contributed by atoms with Gasteiger partial charge in [-0.05, 0) is 160 Å². The van der Waals surface area contributed by atoms with E-state index in [1.807, 2.05) is 132 Å². The van der Waals surface area contributed by atoms with Gasteiger partial charge in [0.2, 0.25) is 10.6 Å². The Hall–Kier alpha value is -6.95. The first-order valence-electron chi connectivity index (χ1n) is 24.3. The molecule has 1 atom stereocenters. The normalized spacial score (nSPS) is 12.9. The Morgan fingerprint density at radius 1 is 0.802 bits per heavy atom. The Morgan fingerprint density at radius 2 is 1.41 bits per heavy atom. The number of anilines is 4. The van der Waals surface area contributed by atoms with Crippen LogP contribution < -0.4 is 21.7 Å². The first-order valence-corrected chi connectivity index (χ1v) is 27.5. The number of hydrogen-bond acceptors (Lipinski definition) is 16. The summed E-state index contributed by atoms with van der Waals surface area (Å²) in [5.74, 6) is 0.487. The molecule has 23 heteroatoms. The highest BCUT2D eigenvalue weighted by Gasteiger charge is 2.20. The second kappa shape index (κ2) is 31.9. The number of carbonyl (C=O) groups excluding carboxylic acids is 2. The van der Waals surface area contributed by atoms with Gasteiger partial charge in [-0.3, -0.25) is 9.79 Å². The van der Waals surface area contributed by atoms with Crippen molar-refractivity contribution in [2.24, 2.45) is 17.8 Å². The Balaban J connectivity index is 0.000000223. The van der Waals surface area contributed by atoms with Crippen molar-refractivity contribution < 1.29 is 29.0 Å². The van der Waals surface area contributed by atoms with Crippen LogP contribution in [0, 0.1) is 0 Å². The van der Waals surface area contributed by atoms with Crippen molar-refractivity contribution in [2.45, 2.75) is 60.6 Å². The van der Waals surface area contributed by atoms with Crippen LogP contribution in [0.15, 0.2) is 142 Å². The molecule has 0 spiro atoms. The van der Waals surface area contributed by atoms with Crippen LogP contribution in [0.4, 0.5) is 27.8 Å². The third-order valence-corrected chi connectivity index (χ3v) is 13.3. The second-order valence-electron chi connectivity index (χ2n) is 18.3. The van der Waals surface area contributed by atoms with Crippen molar-refractivity contribution in [3.05, 3.63) is 163 Å². The minimum Gasteiger partial charge on any atom is -0.477 e. The fraction of sp³-hybridized carbons (Fsp3) is 0.259. The zero-order chi connectivity index (χ0) is 57.2. The largest absolute Gasteiger partial charge is 0.477 e. The fourth-order valence-corrected chi connectivity index (χ4v) is 9.36. The molecule has 6 N–H and O–H groups in total. The highest BCUT2D eigenvalue weighted by Crippen LogP contribution is 2.29. The van der Waals surface area contributed by atoms with Crippen LogP contribution in [0.5, 0.6) is 0 Å². The number of carbonyl (C=O) groups is 3. The van der Waals surface area contributed by atoms with E-state index in [4.69, 9.17) is 43.5 Å². The van der Waals surface area contributed by atoms with E-state index in [0.717, 1.165) is 89.7 Å². The molecule has 5 aromatic heterocycles. The van der Waals surface area contributed by atoms with Crippen molar-refractivity contribution in [3.8, 4) is 0 Å². The van der Waals surface area contributed by atoms with E-state index in [1.54, 1.807) is 49.8 Å². The van der Waals surface area contributed by atoms with E-state index in [2.05, 4.69) is 83.9 Å². The lowest BCUT2D eigenvalue weighted by Gasteiger charge is -2.19. The van der Waals surface area contributed by atoms with Crippen LogP contribution in [0.3, 0.4) is 0 Å². The van der Waals surface area contributed by atoms with Gasteiger partial charge in [0.25, 0.3) is 0 Å². The Kier molecular flexibility index (Phi) is 26.2. The van der Waals surface area contributed by atoms with E-state index in [0.29, 0.717) is 28.1 Å². The first kappa shape index (κ1) is 66.6. The number of fused-ring (bicyclic) bond motifs is 3. The van der Waals surface area contributed by atoms with Crippen LogP contribution in [-0.2, 0) is 16.5 Å². The van der Waals surface area contributed by atoms with Crippen molar-refractivity contribution in [1.82, 2.24) is 39.6 Å². The van der Waals surface area contributed by atoms with Crippen LogP contribution in [0.25, 0.3) is 37.5 Å². The SMILES string of the molecule is C.C.CC(=O)c1cc2ccc(Br)cc2n1C.CC(C)(C)OC(=O)n1ncc2cc(Nc3ccnc(Cl)n3)ccc21.CNC.Clc1nccc(Nc2ccc(C3=CCN=C3)cc2)n1.NC1CCOC1.O=C(O)c1cc2ccc(Br)cc2s1. The Morgan fingerprint density at radius 3 is 1.94 bits per heavy atom. The second-order valence-corrected chi connectivity index (χ2v) is 21.9. The molecule has 2 aliphatic heterocycles. The number of Topliss-reactive ketones (excluding diaryl/α,β-unsaturated/α-hetero) is 1. The molecular formula is C58H66Br2Cl2N12O6S. The maximum Gasteiger partial charge on any atom is 0.435 e. The van der Waals surface area contributed by atoms with E-state index < -0.39 is 17.7 Å². The van der Waals surface area contributed by atoms with Crippen LogP contribution in [0.1, 0.15) is 74.7 Å². The third kappa shape index (κ3) is 20.5. The number of allylic oxidation sites excluding steroid dienone is 1. The summed E-state index contributed by atoms with van der Waals surface area (Å²) in [5.41, 5.74) is 11.4. The zero-order valence-corrected chi connectivity index (χ0v) is 49.7. The number of nitrogens with zero attached hydrogens (tertiary/aromatic N) is 8. The summed E-state index contributed by atoms with van der Waals surface area (Å²) in [5, 5.41) is 25.2. The molecule has 1 unspecified atom stereocenters. The van der Waals surface area contributed by atoms with Gasteiger partial charge in [-0.25, -0.2) is 29.5 Å².